The van der Waals surface area contributed by atoms with Gasteiger partial charge in [0.05, 0.1) is 15.0 Å². The fourth-order valence-electron chi connectivity index (χ4n) is 1.75. The van der Waals surface area contributed by atoms with E-state index < -0.39 is 15.1 Å². The first-order valence-electron chi connectivity index (χ1n) is 6.56. The van der Waals surface area contributed by atoms with Crippen molar-refractivity contribution >= 4 is 27.1 Å². The molecule has 0 atom stereocenters. The van der Waals surface area contributed by atoms with Gasteiger partial charge in [-0.3, -0.25) is 4.79 Å². The maximum atomic E-state index is 12.0. The third-order valence-electron chi connectivity index (χ3n) is 3.07. The van der Waals surface area contributed by atoms with Gasteiger partial charge in [0.25, 0.3) is 5.91 Å². The molecule has 0 radical (unpaired) electrons. The van der Waals surface area contributed by atoms with Gasteiger partial charge < -0.3 is 5.32 Å². The Morgan fingerprint density at radius 2 is 1.86 bits per heavy atom. The van der Waals surface area contributed by atoms with Crippen LogP contribution in [0.4, 0.5) is 0 Å². The predicted molar refractivity (Wildman–Crippen MR) is 84.3 cm³/mol. The van der Waals surface area contributed by atoms with Gasteiger partial charge in [-0.15, -0.1) is 11.3 Å². The molecule has 0 saturated carbocycles. The first kappa shape index (κ1) is 15.7. The Morgan fingerprint density at radius 3 is 2.38 bits per heavy atom. The third-order valence-corrected chi connectivity index (χ3v) is 6.11. The van der Waals surface area contributed by atoms with Crippen LogP contribution in [-0.2, 0) is 16.4 Å². The first-order chi connectivity index (χ1) is 9.91. The number of hydrogen-bond acceptors (Lipinski definition) is 4. The second kappa shape index (κ2) is 6.41. The largest absolute Gasteiger partial charge is 0.347 e. The summed E-state index contributed by atoms with van der Waals surface area (Å²) in [6, 6.07) is 10.2. The van der Waals surface area contributed by atoms with Crippen LogP contribution in [0, 0.1) is 0 Å². The minimum absolute atomic E-state index is 0.121. The zero-order valence-corrected chi connectivity index (χ0v) is 13.5. The highest BCUT2D eigenvalue weighted by molar-refractivity contribution is 7.92. The number of thiophene rings is 1. The van der Waals surface area contributed by atoms with Crippen molar-refractivity contribution in [2.45, 2.75) is 30.5 Å². The maximum absolute atomic E-state index is 12.0. The van der Waals surface area contributed by atoms with Crippen molar-refractivity contribution in [3.63, 3.8) is 0 Å². The van der Waals surface area contributed by atoms with Crippen molar-refractivity contribution < 1.29 is 13.2 Å². The fourth-order valence-corrected chi connectivity index (χ4v) is 3.45. The summed E-state index contributed by atoms with van der Waals surface area (Å²) in [6.45, 7) is 3.69. The molecule has 0 aliphatic rings. The SMILES string of the molecule is CC(C)S(=O)(=O)c1ccc(CNC(=O)c2cccs2)cc1. The summed E-state index contributed by atoms with van der Waals surface area (Å²) >= 11 is 1.38. The second-order valence-electron chi connectivity index (χ2n) is 4.90. The van der Waals surface area contributed by atoms with E-state index in [9.17, 15) is 13.2 Å². The number of sulfone groups is 1. The normalized spacial score (nSPS) is 11.6. The number of nitrogens with one attached hydrogen (secondary N) is 1. The van der Waals surface area contributed by atoms with Gasteiger partial charge in [-0.2, -0.15) is 0 Å². The smallest absolute Gasteiger partial charge is 0.261 e. The standard InChI is InChI=1S/C15H17NO3S2/c1-11(2)21(18,19)13-7-5-12(6-8-13)10-16-15(17)14-4-3-9-20-14/h3-9,11H,10H2,1-2H3,(H,16,17). The predicted octanol–water partition coefficient (Wildman–Crippen LogP) is 2.86. The Morgan fingerprint density at radius 1 is 1.19 bits per heavy atom. The van der Waals surface area contributed by atoms with Crippen molar-refractivity contribution in [1.29, 1.82) is 0 Å². The van der Waals surface area contributed by atoms with Crippen molar-refractivity contribution in [3.05, 3.63) is 52.2 Å². The van der Waals surface area contributed by atoms with Gasteiger partial charge in [0, 0.05) is 6.54 Å². The summed E-state index contributed by atoms with van der Waals surface area (Å²) in [4.78, 5) is 12.8. The van der Waals surface area contributed by atoms with Crippen molar-refractivity contribution in [3.8, 4) is 0 Å². The summed E-state index contributed by atoms with van der Waals surface area (Å²) in [7, 11) is -3.25. The van der Waals surface area contributed by atoms with E-state index in [2.05, 4.69) is 5.32 Å². The van der Waals surface area contributed by atoms with E-state index in [0.717, 1.165) is 5.56 Å². The molecule has 0 aliphatic heterocycles. The quantitative estimate of drug-likeness (QED) is 0.920. The zero-order chi connectivity index (χ0) is 15.5. The van der Waals surface area contributed by atoms with Gasteiger partial charge in [0.1, 0.15) is 0 Å². The molecule has 1 N–H and O–H groups in total. The molecule has 2 rings (SSSR count). The lowest BCUT2D eigenvalue weighted by Gasteiger charge is -2.09. The molecule has 0 spiro atoms. The van der Waals surface area contributed by atoms with Crippen LogP contribution in [0.5, 0.6) is 0 Å². The van der Waals surface area contributed by atoms with E-state index in [1.807, 2.05) is 11.4 Å². The molecular weight excluding hydrogens is 306 g/mol. The fraction of sp³-hybridized carbons (Fsp3) is 0.267. The summed E-state index contributed by atoms with van der Waals surface area (Å²) in [5.41, 5.74) is 0.864. The summed E-state index contributed by atoms with van der Waals surface area (Å²) in [6.07, 6.45) is 0. The second-order valence-corrected chi connectivity index (χ2v) is 8.35. The summed E-state index contributed by atoms with van der Waals surface area (Å²) < 4.78 is 24.0. The lowest BCUT2D eigenvalue weighted by molar-refractivity contribution is 0.0955. The van der Waals surface area contributed by atoms with Gasteiger partial charge in [-0.05, 0) is 43.0 Å². The first-order valence-corrected chi connectivity index (χ1v) is 8.98. The van der Waals surface area contributed by atoms with Crippen LogP contribution < -0.4 is 5.32 Å². The summed E-state index contributed by atoms with van der Waals surface area (Å²) in [5.74, 6) is -0.121. The average molecular weight is 323 g/mol. The van der Waals surface area contributed by atoms with E-state index in [1.165, 1.54) is 11.3 Å². The monoisotopic (exact) mass is 323 g/mol. The Balaban J connectivity index is 2.02. The van der Waals surface area contributed by atoms with E-state index in [0.29, 0.717) is 16.3 Å². The molecule has 1 amide bonds. The van der Waals surface area contributed by atoms with Gasteiger partial charge in [0.2, 0.25) is 0 Å². The van der Waals surface area contributed by atoms with Crippen LogP contribution in [0.1, 0.15) is 29.1 Å². The Bertz CT molecular complexity index is 702. The van der Waals surface area contributed by atoms with Gasteiger partial charge in [-0.1, -0.05) is 18.2 Å². The molecular formula is C15H17NO3S2. The number of rotatable bonds is 5. The lowest BCUT2D eigenvalue weighted by atomic mass is 10.2. The molecule has 1 heterocycles. The number of carbonyl (C=O) groups is 1. The molecule has 112 valence electrons. The van der Waals surface area contributed by atoms with Crippen molar-refractivity contribution in [2.24, 2.45) is 0 Å². The van der Waals surface area contributed by atoms with Crippen LogP contribution in [0.3, 0.4) is 0 Å². The van der Waals surface area contributed by atoms with E-state index in [-0.39, 0.29) is 5.91 Å². The molecule has 1 aromatic heterocycles. The Hall–Kier alpha value is -1.66. The number of carbonyl (C=O) groups excluding carboxylic acids is 1. The summed E-state index contributed by atoms with van der Waals surface area (Å²) in [5, 5.41) is 4.21. The molecule has 0 saturated heterocycles. The average Bonchev–Trinajstić information content (AvgIpc) is 2.99. The third kappa shape index (κ3) is 3.71. The highest BCUT2D eigenvalue weighted by atomic mass is 32.2. The molecule has 6 heteroatoms. The minimum atomic E-state index is -3.25. The maximum Gasteiger partial charge on any atom is 0.261 e. The van der Waals surface area contributed by atoms with Crippen LogP contribution >= 0.6 is 11.3 Å². The van der Waals surface area contributed by atoms with E-state index in [1.54, 1.807) is 44.2 Å². The lowest BCUT2D eigenvalue weighted by Crippen LogP contribution is -2.21. The van der Waals surface area contributed by atoms with Gasteiger partial charge in [0.15, 0.2) is 9.84 Å². The highest BCUT2D eigenvalue weighted by Gasteiger charge is 2.18. The van der Waals surface area contributed by atoms with E-state index in [4.69, 9.17) is 0 Å². The van der Waals surface area contributed by atoms with Crippen molar-refractivity contribution in [2.75, 3.05) is 0 Å². The number of amides is 1. The van der Waals surface area contributed by atoms with Crippen molar-refractivity contribution in [1.82, 2.24) is 5.32 Å². The molecule has 0 aliphatic carbocycles. The molecule has 1 aromatic carbocycles. The van der Waals surface area contributed by atoms with Crippen LogP contribution in [-0.4, -0.2) is 19.6 Å². The molecule has 0 bridgehead atoms. The highest BCUT2D eigenvalue weighted by Crippen LogP contribution is 2.16. The Labute approximate surface area is 128 Å². The van der Waals surface area contributed by atoms with E-state index >= 15 is 0 Å². The topological polar surface area (TPSA) is 63.2 Å². The molecule has 0 unspecified atom stereocenters. The van der Waals surface area contributed by atoms with Gasteiger partial charge >= 0.3 is 0 Å². The number of hydrogen-bond donors (Lipinski definition) is 1. The van der Waals surface area contributed by atoms with Crippen LogP contribution in [0.15, 0.2) is 46.7 Å². The zero-order valence-electron chi connectivity index (χ0n) is 11.9. The minimum Gasteiger partial charge on any atom is -0.347 e. The Kier molecular flexibility index (Phi) is 4.80. The molecule has 21 heavy (non-hydrogen) atoms. The number of benzene rings is 1. The van der Waals surface area contributed by atoms with Crippen LogP contribution in [0.2, 0.25) is 0 Å². The molecule has 2 aromatic rings. The van der Waals surface area contributed by atoms with Gasteiger partial charge in [-0.25, -0.2) is 8.42 Å². The molecule has 4 nitrogen and oxygen atoms in total. The van der Waals surface area contributed by atoms with Crippen LogP contribution in [0.25, 0.3) is 0 Å². The molecule has 0 fully saturated rings.